The molecule has 1 unspecified atom stereocenters. The molecule has 0 saturated heterocycles. The lowest BCUT2D eigenvalue weighted by Gasteiger charge is -2.00. The number of aliphatic hydroxyl groups is 1. The lowest BCUT2D eigenvalue weighted by Crippen LogP contribution is -2.21. The smallest absolute Gasteiger partial charge is 0.0884 e. The molecule has 0 aromatic heterocycles. The Bertz CT molecular complexity index is 98.9. The van der Waals surface area contributed by atoms with Crippen molar-refractivity contribution in [3.63, 3.8) is 0 Å². The van der Waals surface area contributed by atoms with Crippen LogP contribution in [0.5, 0.6) is 0 Å². The predicted molar refractivity (Wildman–Crippen MR) is 40.0 cm³/mol. The second-order valence-corrected chi connectivity index (χ2v) is 2.88. The van der Waals surface area contributed by atoms with Crippen LogP contribution in [0.25, 0.3) is 0 Å². The molecule has 4 nitrogen and oxygen atoms in total. The number of hydrogen-bond acceptors (Lipinski definition) is 3. The summed E-state index contributed by atoms with van der Waals surface area (Å²) in [5.74, 6) is 0. The molecule has 0 spiro atoms. The lowest BCUT2D eigenvalue weighted by molar-refractivity contribution is 0.0963. The molecule has 5 heteroatoms. The third-order valence-corrected chi connectivity index (χ3v) is 1.40. The van der Waals surface area contributed by atoms with Crippen molar-refractivity contribution in [1.29, 1.82) is 0 Å². The zero-order chi connectivity index (χ0) is 7.82. The monoisotopic (exact) mass is 167 g/mol. The van der Waals surface area contributed by atoms with Crippen molar-refractivity contribution >= 4 is 11.0 Å². The molecular formula is C5H13NO3S. The molecule has 0 aromatic carbocycles. The van der Waals surface area contributed by atoms with Crippen LogP contribution >= 0.6 is 0 Å². The van der Waals surface area contributed by atoms with Gasteiger partial charge in [-0.25, -0.2) is 8.93 Å². The van der Waals surface area contributed by atoms with Gasteiger partial charge in [0.15, 0.2) is 0 Å². The summed E-state index contributed by atoms with van der Waals surface area (Å²) in [7, 11) is -0.963. The Morgan fingerprint density at radius 3 is 2.80 bits per heavy atom. The third-order valence-electron chi connectivity index (χ3n) is 0.787. The van der Waals surface area contributed by atoms with Gasteiger partial charge in [-0.2, -0.15) is 0 Å². The van der Waals surface area contributed by atoms with E-state index in [9.17, 15) is 4.21 Å². The average Bonchev–Trinajstić information content (AvgIpc) is 1.87. The van der Waals surface area contributed by atoms with Crippen molar-refractivity contribution in [3.05, 3.63) is 0 Å². The first-order valence-electron chi connectivity index (χ1n) is 3.03. The van der Waals surface area contributed by atoms with Gasteiger partial charge < -0.3 is 9.84 Å². The van der Waals surface area contributed by atoms with Crippen molar-refractivity contribution < 1.29 is 14.1 Å². The second-order valence-electron chi connectivity index (χ2n) is 1.68. The molecule has 0 aliphatic heterocycles. The second kappa shape index (κ2) is 7.14. The number of hydrogen-bond donors (Lipinski definition) is 2. The highest BCUT2D eigenvalue weighted by atomic mass is 32.2. The topological polar surface area (TPSA) is 58.6 Å². The molecule has 0 rings (SSSR count). The summed E-state index contributed by atoms with van der Waals surface area (Å²) in [4.78, 5) is 0. The third kappa shape index (κ3) is 8.03. The zero-order valence-corrected chi connectivity index (χ0v) is 6.82. The van der Waals surface area contributed by atoms with E-state index in [1.165, 1.54) is 0 Å². The van der Waals surface area contributed by atoms with E-state index in [0.717, 1.165) is 0 Å². The zero-order valence-electron chi connectivity index (χ0n) is 6.00. The Hall–Kier alpha value is 0.0300. The highest BCUT2D eigenvalue weighted by molar-refractivity contribution is 7.82. The minimum absolute atomic E-state index is 0.0369. The van der Waals surface area contributed by atoms with Crippen molar-refractivity contribution in [2.75, 3.05) is 32.6 Å². The quantitative estimate of drug-likeness (QED) is 0.493. The molecule has 0 saturated carbocycles. The summed E-state index contributed by atoms with van der Waals surface area (Å²) in [6.07, 6.45) is 1.56. The minimum Gasteiger partial charge on any atom is -0.394 e. The summed E-state index contributed by atoms with van der Waals surface area (Å²) in [5.41, 5.74) is 0. The fourth-order valence-electron chi connectivity index (χ4n) is 0.424. The van der Waals surface area contributed by atoms with Crippen LogP contribution in [0, 0.1) is 0 Å². The van der Waals surface area contributed by atoms with Crippen molar-refractivity contribution in [2.24, 2.45) is 0 Å². The Balaban J connectivity index is 2.84. The molecule has 0 aromatic rings. The normalized spacial score (nSPS) is 13.4. The first-order valence-corrected chi connectivity index (χ1v) is 4.58. The van der Waals surface area contributed by atoms with Crippen LogP contribution in [0.15, 0.2) is 0 Å². The van der Waals surface area contributed by atoms with Crippen molar-refractivity contribution in [1.82, 2.24) is 4.72 Å². The Morgan fingerprint density at radius 2 is 2.30 bits per heavy atom. The molecule has 0 heterocycles. The van der Waals surface area contributed by atoms with E-state index in [1.807, 2.05) is 0 Å². The van der Waals surface area contributed by atoms with Gasteiger partial charge in [-0.3, -0.25) is 0 Å². The largest absolute Gasteiger partial charge is 0.394 e. The van der Waals surface area contributed by atoms with Crippen LogP contribution in [-0.4, -0.2) is 41.9 Å². The average molecular weight is 167 g/mol. The Kier molecular flexibility index (Phi) is 7.16. The van der Waals surface area contributed by atoms with E-state index < -0.39 is 11.0 Å². The maximum absolute atomic E-state index is 10.4. The molecule has 0 amide bonds. The molecule has 62 valence electrons. The molecular weight excluding hydrogens is 154 g/mol. The van der Waals surface area contributed by atoms with Crippen LogP contribution in [0.4, 0.5) is 0 Å². The van der Waals surface area contributed by atoms with Gasteiger partial charge in [0.25, 0.3) is 0 Å². The number of aliphatic hydroxyl groups excluding tert-OH is 1. The summed E-state index contributed by atoms with van der Waals surface area (Å²) >= 11 is 0. The van der Waals surface area contributed by atoms with Crippen LogP contribution in [0.3, 0.4) is 0 Å². The summed E-state index contributed by atoms with van der Waals surface area (Å²) < 4.78 is 17.9. The lowest BCUT2D eigenvalue weighted by atomic mass is 10.7. The van der Waals surface area contributed by atoms with Gasteiger partial charge in [-0.05, 0) is 0 Å². The first kappa shape index (κ1) is 10.0. The molecule has 0 fully saturated rings. The van der Waals surface area contributed by atoms with Gasteiger partial charge >= 0.3 is 0 Å². The standard InChI is InChI=1S/C5H13NO3S/c1-10(8)6-2-4-9-5-3-7/h6-7H,2-5H2,1H3. The molecule has 1 atom stereocenters. The van der Waals surface area contributed by atoms with E-state index >= 15 is 0 Å². The fourth-order valence-corrected chi connectivity index (χ4v) is 0.795. The number of nitrogens with one attached hydrogen (secondary N) is 1. The van der Waals surface area contributed by atoms with Crippen molar-refractivity contribution in [3.8, 4) is 0 Å². The molecule has 2 N–H and O–H groups in total. The SMILES string of the molecule is CS(=O)NCCOCCO. The van der Waals surface area contributed by atoms with Crippen LogP contribution in [-0.2, 0) is 15.7 Å². The Labute approximate surface area is 63.2 Å². The van der Waals surface area contributed by atoms with Gasteiger partial charge in [0.1, 0.15) is 0 Å². The highest BCUT2D eigenvalue weighted by Crippen LogP contribution is 1.71. The van der Waals surface area contributed by atoms with E-state index in [0.29, 0.717) is 19.8 Å². The van der Waals surface area contributed by atoms with Crippen LogP contribution in [0.1, 0.15) is 0 Å². The summed E-state index contributed by atoms with van der Waals surface area (Å²) in [6.45, 7) is 1.43. The van der Waals surface area contributed by atoms with Gasteiger partial charge in [0.2, 0.25) is 0 Å². The van der Waals surface area contributed by atoms with Gasteiger partial charge in [-0.15, -0.1) is 0 Å². The first-order chi connectivity index (χ1) is 4.77. The molecule has 10 heavy (non-hydrogen) atoms. The molecule has 0 aliphatic carbocycles. The van der Waals surface area contributed by atoms with E-state index in [4.69, 9.17) is 9.84 Å². The fraction of sp³-hybridized carbons (Fsp3) is 1.00. The van der Waals surface area contributed by atoms with E-state index in [1.54, 1.807) is 6.26 Å². The van der Waals surface area contributed by atoms with Gasteiger partial charge in [0.05, 0.1) is 30.8 Å². The summed E-state index contributed by atoms with van der Waals surface area (Å²) in [5, 5.41) is 8.27. The van der Waals surface area contributed by atoms with Crippen LogP contribution < -0.4 is 4.72 Å². The van der Waals surface area contributed by atoms with Crippen LogP contribution in [0.2, 0.25) is 0 Å². The van der Waals surface area contributed by atoms with Crippen molar-refractivity contribution in [2.45, 2.75) is 0 Å². The Morgan fingerprint density at radius 1 is 1.60 bits per heavy atom. The predicted octanol–water partition coefficient (Wildman–Crippen LogP) is -1.12. The molecule has 0 radical (unpaired) electrons. The van der Waals surface area contributed by atoms with Gasteiger partial charge in [0, 0.05) is 12.8 Å². The molecule has 0 bridgehead atoms. The number of ether oxygens (including phenoxy) is 1. The maximum Gasteiger partial charge on any atom is 0.0884 e. The highest BCUT2D eigenvalue weighted by Gasteiger charge is 1.88. The number of rotatable bonds is 6. The maximum atomic E-state index is 10.4. The van der Waals surface area contributed by atoms with E-state index in [-0.39, 0.29) is 6.61 Å². The minimum atomic E-state index is -0.963. The molecule has 0 aliphatic rings. The van der Waals surface area contributed by atoms with E-state index in [2.05, 4.69) is 4.72 Å². The van der Waals surface area contributed by atoms with Gasteiger partial charge in [-0.1, -0.05) is 0 Å². The summed E-state index contributed by atoms with van der Waals surface area (Å²) in [6, 6.07) is 0.